The van der Waals surface area contributed by atoms with Gasteiger partial charge in [-0.2, -0.15) is 0 Å². The summed E-state index contributed by atoms with van der Waals surface area (Å²) in [5, 5.41) is 1.10. The lowest BCUT2D eigenvalue weighted by atomic mass is 10.1. The highest BCUT2D eigenvalue weighted by Crippen LogP contribution is 2.19. The van der Waals surface area contributed by atoms with Gasteiger partial charge in [0.05, 0.1) is 6.61 Å². The van der Waals surface area contributed by atoms with E-state index in [9.17, 15) is 9.59 Å². The summed E-state index contributed by atoms with van der Waals surface area (Å²) in [5.41, 5.74) is 2.60. The van der Waals surface area contributed by atoms with Gasteiger partial charge in [0, 0.05) is 29.1 Å². The van der Waals surface area contributed by atoms with Gasteiger partial charge in [-0.15, -0.1) is 0 Å². The van der Waals surface area contributed by atoms with E-state index in [1.165, 1.54) is 0 Å². The van der Waals surface area contributed by atoms with Gasteiger partial charge in [-0.25, -0.2) is 0 Å². The number of Topliss-reactive ketones (excluding diaryl/α,β-unsaturated/α-hetero) is 1. The molecule has 1 atom stereocenters. The van der Waals surface area contributed by atoms with E-state index in [-0.39, 0.29) is 18.2 Å². The Balaban J connectivity index is 1.54. The molecule has 1 aromatic heterocycles. The summed E-state index contributed by atoms with van der Waals surface area (Å²) >= 11 is 0. The maximum atomic E-state index is 12.4. The van der Waals surface area contributed by atoms with Crippen LogP contribution in [0, 0.1) is 0 Å². The molecular weight excluding hydrogens is 342 g/mol. The highest BCUT2D eigenvalue weighted by Gasteiger charge is 2.19. The van der Waals surface area contributed by atoms with Crippen LogP contribution >= 0.6 is 0 Å². The normalized spacial score (nSPS) is 11.9. The van der Waals surface area contributed by atoms with E-state index in [1.807, 2.05) is 37.4 Å². The number of aromatic amines is 1. The van der Waals surface area contributed by atoms with Crippen molar-refractivity contribution in [2.45, 2.75) is 32.8 Å². The van der Waals surface area contributed by atoms with Crippen LogP contribution in [0.4, 0.5) is 0 Å². The molecule has 5 nitrogen and oxygen atoms in total. The van der Waals surface area contributed by atoms with Gasteiger partial charge in [-0.1, -0.05) is 18.2 Å². The molecule has 0 bridgehead atoms. The molecule has 27 heavy (non-hydrogen) atoms. The average Bonchev–Trinajstić information content (AvgIpc) is 3.10. The molecule has 0 saturated carbocycles. The van der Waals surface area contributed by atoms with E-state index in [1.54, 1.807) is 31.2 Å². The van der Waals surface area contributed by atoms with Crippen molar-refractivity contribution in [3.05, 3.63) is 65.9 Å². The van der Waals surface area contributed by atoms with E-state index in [0.29, 0.717) is 24.3 Å². The van der Waals surface area contributed by atoms with Crippen LogP contribution in [0.2, 0.25) is 0 Å². The molecule has 0 aliphatic carbocycles. The number of para-hydroxylation sites is 1. The number of aromatic nitrogens is 1. The number of rotatable bonds is 8. The highest BCUT2D eigenvalue weighted by atomic mass is 16.5. The maximum absolute atomic E-state index is 12.4. The average molecular weight is 365 g/mol. The van der Waals surface area contributed by atoms with Gasteiger partial charge in [0.1, 0.15) is 5.75 Å². The summed E-state index contributed by atoms with van der Waals surface area (Å²) in [6, 6.07) is 14.8. The van der Waals surface area contributed by atoms with Crippen LogP contribution in [0.25, 0.3) is 10.9 Å². The number of benzene rings is 2. The fourth-order valence-electron chi connectivity index (χ4n) is 3.00. The molecule has 3 rings (SSSR count). The smallest absolute Gasteiger partial charge is 0.306 e. The quantitative estimate of drug-likeness (QED) is 0.477. The van der Waals surface area contributed by atoms with Gasteiger partial charge >= 0.3 is 5.97 Å². The van der Waals surface area contributed by atoms with Gasteiger partial charge in [0.2, 0.25) is 5.78 Å². The molecule has 0 aliphatic rings. The van der Waals surface area contributed by atoms with Gasteiger partial charge in [-0.05, 0) is 56.2 Å². The summed E-state index contributed by atoms with van der Waals surface area (Å²) < 4.78 is 10.7. The predicted octanol–water partition coefficient (Wildman–Crippen LogP) is 4.31. The molecule has 0 saturated heterocycles. The number of carbonyl (C=O) groups is 2. The van der Waals surface area contributed by atoms with Crippen LogP contribution in [-0.2, 0) is 16.0 Å². The summed E-state index contributed by atoms with van der Waals surface area (Å²) in [4.78, 5) is 27.8. The number of aryl methyl sites for hydroxylation is 1. The zero-order chi connectivity index (χ0) is 19.2. The topological polar surface area (TPSA) is 68.4 Å². The minimum absolute atomic E-state index is 0.224. The number of hydrogen-bond donors (Lipinski definition) is 1. The summed E-state index contributed by atoms with van der Waals surface area (Å²) in [6.07, 6.45) is 1.88. The van der Waals surface area contributed by atoms with Gasteiger partial charge in [-0.3, -0.25) is 9.59 Å². The number of esters is 1. The van der Waals surface area contributed by atoms with Crippen LogP contribution < -0.4 is 4.74 Å². The first-order valence-electron chi connectivity index (χ1n) is 9.10. The lowest BCUT2D eigenvalue weighted by molar-refractivity contribution is -0.146. The third-order valence-electron chi connectivity index (χ3n) is 4.40. The minimum atomic E-state index is -0.821. The van der Waals surface area contributed by atoms with Crippen molar-refractivity contribution >= 4 is 22.7 Å². The zero-order valence-corrected chi connectivity index (χ0v) is 15.5. The summed E-state index contributed by atoms with van der Waals surface area (Å²) in [5.74, 6) is 0.1000. The van der Waals surface area contributed by atoms with Crippen LogP contribution in [-0.4, -0.2) is 29.4 Å². The fraction of sp³-hybridized carbons (Fsp3) is 0.273. The van der Waals surface area contributed by atoms with E-state index in [4.69, 9.17) is 9.47 Å². The Bertz CT molecular complexity index is 927. The molecule has 0 unspecified atom stereocenters. The Hall–Kier alpha value is -3.08. The van der Waals surface area contributed by atoms with Crippen molar-refractivity contribution in [2.75, 3.05) is 6.61 Å². The lowest BCUT2D eigenvalue weighted by Gasteiger charge is -2.12. The number of fused-ring (bicyclic) bond motifs is 1. The molecule has 2 aromatic carbocycles. The lowest BCUT2D eigenvalue weighted by Crippen LogP contribution is -2.24. The Morgan fingerprint density at radius 1 is 1.07 bits per heavy atom. The van der Waals surface area contributed by atoms with E-state index in [2.05, 4.69) is 4.98 Å². The monoisotopic (exact) mass is 365 g/mol. The predicted molar refractivity (Wildman–Crippen MR) is 104 cm³/mol. The standard InChI is InChI=1S/C22H23NO4/c1-3-26-18-11-8-16(9-12-18)22(25)15(2)27-21(24)13-10-17-14-23-20-7-5-4-6-19(17)20/h4-9,11-12,14-15,23H,3,10,13H2,1-2H3/t15-/m0/s1. The van der Waals surface area contributed by atoms with Crippen molar-refractivity contribution in [1.82, 2.24) is 4.98 Å². The first-order valence-corrected chi connectivity index (χ1v) is 9.10. The molecule has 3 aromatic rings. The second-order valence-corrected chi connectivity index (χ2v) is 6.31. The Morgan fingerprint density at radius 2 is 1.81 bits per heavy atom. The molecule has 0 radical (unpaired) electrons. The number of H-pyrrole nitrogens is 1. The summed E-state index contributed by atoms with van der Waals surface area (Å²) in [7, 11) is 0. The van der Waals surface area contributed by atoms with Crippen LogP contribution in [0.3, 0.4) is 0 Å². The number of ether oxygens (including phenoxy) is 2. The van der Waals surface area contributed by atoms with Crippen molar-refractivity contribution < 1.29 is 19.1 Å². The van der Waals surface area contributed by atoms with Gasteiger partial charge in [0.15, 0.2) is 6.10 Å². The molecule has 1 N–H and O–H groups in total. The largest absolute Gasteiger partial charge is 0.494 e. The molecule has 140 valence electrons. The number of carbonyl (C=O) groups excluding carboxylic acids is 2. The van der Waals surface area contributed by atoms with Crippen LogP contribution in [0.15, 0.2) is 54.7 Å². The van der Waals surface area contributed by atoms with Gasteiger partial charge in [0.25, 0.3) is 0 Å². The van der Waals surface area contributed by atoms with Crippen molar-refractivity contribution in [2.24, 2.45) is 0 Å². The third-order valence-corrected chi connectivity index (χ3v) is 4.40. The first-order chi connectivity index (χ1) is 13.1. The molecule has 5 heteroatoms. The van der Waals surface area contributed by atoms with E-state index >= 15 is 0 Å². The van der Waals surface area contributed by atoms with E-state index < -0.39 is 6.10 Å². The number of ketones is 1. The SMILES string of the molecule is CCOc1ccc(C(=O)[C@H](C)OC(=O)CCc2c[nH]c3ccccc23)cc1. The fourth-order valence-corrected chi connectivity index (χ4v) is 3.00. The van der Waals surface area contributed by atoms with Crippen LogP contribution in [0.5, 0.6) is 5.75 Å². The first kappa shape index (κ1) is 18.7. The Morgan fingerprint density at radius 3 is 2.56 bits per heavy atom. The van der Waals surface area contributed by atoms with Gasteiger partial charge < -0.3 is 14.5 Å². The molecule has 1 heterocycles. The molecule has 0 amide bonds. The zero-order valence-electron chi connectivity index (χ0n) is 15.5. The van der Waals surface area contributed by atoms with E-state index in [0.717, 1.165) is 16.5 Å². The minimum Gasteiger partial charge on any atom is -0.494 e. The number of hydrogen-bond acceptors (Lipinski definition) is 4. The third kappa shape index (κ3) is 4.56. The van der Waals surface area contributed by atoms with Crippen molar-refractivity contribution in [1.29, 1.82) is 0 Å². The van der Waals surface area contributed by atoms with Crippen molar-refractivity contribution in [3.63, 3.8) is 0 Å². The maximum Gasteiger partial charge on any atom is 0.306 e. The second-order valence-electron chi connectivity index (χ2n) is 6.31. The highest BCUT2D eigenvalue weighted by molar-refractivity contribution is 6.00. The summed E-state index contributed by atoms with van der Waals surface area (Å²) in [6.45, 7) is 4.07. The molecular formula is C22H23NO4. The molecule has 0 aliphatic heterocycles. The second kappa shape index (κ2) is 8.54. The van der Waals surface area contributed by atoms with Crippen LogP contribution in [0.1, 0.15) is 36.2 Å². The molecule has 0 fully saturated rings. The Labute approximate surface area is 158 Å². The number of nitrogens with one attached hydrogen (secondary N) is 1. The van der Waals surface area contributed by atoms with Crippen molar-refractivity contribution in [3.8, 4) is 5.75 Å². The Kier molecular flexibility index (Phi) is 5.91. The molecule has 0 spiro atoms.